The Morgan fingerprint density at radius 1 is 0.540 bits per heavy atom. The first kappa shape index (κ1) is 29.3. The minimum atomic E-state index is -0.0755. The molecule has 1 atom stereocenters. The molecule has 0 radical (unpaired) electrons. The molecule has 0 N–H and O–H groups in total. The quantitative estimate of drug-likeness (QED) is 0.185. The third-order valence-corrected chi connectivity index (χ3v) is 11.9. The van der Waals surface area contributed by atoms with Gasteiger partial charge in [0.2, 0.25) is 0 Å². The summed E-state index contributed by atoms with van der Waals surface area (Å²) in [5, 5.41) is 1.33. The molecule has 3 aliphatic carbocycles. The number of hydrogen-bond acceptors (Lipinski definition) is 1. The Morgan fingerprint density at radius 3 is 1.68 bits per heavy atom. The van der Waals surface area contributed by atoms with Gasteiger partial charge in [-0.3, -0.25) is 0 Å². The number of nitrogens with zero attached hydrogens (tertiary/aromatic N) is 2. The molecule has 2 nitrogen and oxygen atoms in total. The first-order chi connectivity index (χ1) is 24.3. The highest BCUT2D eigenvalue weighted by atomic mass is 15.2. The van der Waals surface area contributed by atoms with Gasteiger partial charge in [-0.25, -0.2) is 0 Å². The fourth-order valence-corrected chi connectivity index (χ4v) is 9.44. The summed E-state index contributed by atoms with van der Waals surface area (Å²) in [7, 11) is 0. The third-order valence-electron chi connectivity index (χ3n) is 11.9. The van der Waals surface area contributed by atoms with Crippen LogP contribution in [0.2, 0.25) is 0 Å². The molecule has 0 amide bonds. The molecule has 7 aromatic rings. The highest BCUT2D eigenvalue weighted by Gasteiger charge is 2.38. The van der Waals surface area contributed by atoms with Crippen LogP contribution in [0.3, 0.4) is 0 Å². The second-order valence-corrected chi connectivity index (χ2v) is 15.4. The summed E-state index contributed by atoms with van der Waals surface area (Å²) in [4.78, 5) is 2.62. The Labute approximate surface area is 295 Å². The summed E-state index contributed by atoms with van der Waals surface area (Å²) in [6, 6.07) is 52.2. The maximum atomic E-state index is 2.62. The van der Waals surface area contributed by atoms with Gasteiger partial charge < -0.3 is 9.47 Å². The van der Waals surface area contributed by atoms with Crippen molar-refractivity contribution in [3.8, 4) is 27.9 Å². The highest BCUT2D eigenvalue weighted by Crippen LogP contribution is 2.52. The molecular weight excluding hydrogens is 605 g/mol. The molecule has 1 unspecified atom stereocenters. The number of benzene rings is 6. The molecule has 0 spiro atoms. The van der Waals surface area contributed by atoms with Crippen LogP contribution in [-0.4, -0.2) is 10.6 Å². The van der Waals surface area contributed by atoms with Crippen LogP contribution in [0.5, 0.6) is 0 Å². The first-order valence-corrected chi connectivity index (χ1v) is 18.0. The van der Waals surface area contributed by atoms with Gasteiger partial charge >= 0.3 is 0 Å². The molecule has 50 heavy (non-hydrogen) atoms. The van der Waals surface area contributed by atoms with Gasteiger partial charge in [0, 0.05) is 39.0 Å². The molecule has 6 aromatic carbocycles. The fourth-order valence-electron chi connectivity index (χ4n) is 9.44. The molecule has 0 saturated carbocycles. The van der Waals surface area contributed by atoms with E-state index in [0.717, 1.165) is 6.42 Å². The molecule has 1 heterocycles. The number of anilines is 2. The van der Waals surface area contributed by atoms with E-state index in [4.69, 9.17) is 0 Å². The van der Waals surface area contributed by atoms with Gasteiger partial charge in [0.25, 0.3) is 0 Å². The summed E-state index contributed by atoms with van der Waals surface area (Å²) >= 11 is 0. The van der Waals surface area contributed by atoms with Crippen molar-refractivity contribution in [1.29, 1.82) is 0 Å². The highest BCUT2D eigenvalue weighted by molar-refractivity contribution is 5.92. The molecule has 0 fully saturated rings. The number of aromatic nitrogens is 1. The van der Waals surface area contributed by atoms with Crippen LogP contribution in [0, 0.1) is 0 Å². The van der Waals surface area contributed by atoms with E-state index in [1.54, 1.807) is 0 Å². The minimum absolute atomic E-state index is 0.0755. The lowest BCUT2D eigenvalue weighted by Crippen LogP contribution is -2.33. The maximum Gasteiger partial charge on any atom is 0.0567 e. The summed E-state index contributed by atoms with van der Waals surface area (Å²) < 4.78 is 2.44. The predicted molar refractivity (Wildman–Crippen MR) is 210 cm³/mol. The Bertz CT molecular complexity index is 2420. The van der Waals surface area contributed by atoms with Gasteiger partial charge in [-0.2, -0.15) is 0 Å². The smallest absolute Gasteiger partial charge is 0.0567 e. The average Bonchev–Trinajstić information content (AvgIpc) is 3.69. The molecule has 10 rings (SSSR count). The van der Waals surface area contributed by atoms with Crippen LogP contribution < -0.4 is 4.90 Å². The first-order valence-electron chi connectivity index (χ1n) is 18.0. The monoisotopic (exact) mass is 644 g/mol. The fraction of sp³-hybridized carbons (Fsp3) is 0.167. The second-order valence-electron chi connectivity index (χ2n) is 15.4. The number of rotatable bonds is 4. The van der Waals surface area contributed by atoms with Crippen LogP contribution in [0.15, 0.2) is 146 Å². The number of para-hydroxylation sites is 2. The van der Waals surface area contributed by atoms with Gasteiger partial charge in [0.15, 0.2) is 0 Å². The zero-order valence-corrected chi connectivity index (χ0v) is 29.1. The van der Waals surface area contributed by atoms with Crippen LogP contribution >= 0.6 is 0 Å². The van der Waals surface area contributed by atoms with E-state index in [9.17, 15) is 0 Å². The van der Waals surface area contributed by atoms with Crippen molar-refractivity contribution in [2.24, 2.45) is 0 Å². The Kier molecular flexibility index (Phi) is 6.13. The van der Waals surface area contributed by atoms with Gasteiger partial charge in [-0.05, 0) is 105 Å². The lowest BCUT2D eigenvalue weighted by Gasteiger charge is -2.36. The van der Waals surface area contributed by atoms with E-state index >= 15 is 0 Å². The molecular formula is C48H40N2. The van der Waals surface area contributed by atoms with Crippen molar-refractivity contribution in [3.63, 3.8) is 0 Å². The van der Waals surface area contributed by atoms with E-state index in [0.29, 0.717) is 0 Å². The summed E-state index contributed by atoms with van der Waals surface area (Å²) in [5.74, 6) is 0. The minimum Gasteiger partial charge on any atom is -0.334 e. The summed E-state index contributed by atoms with van der Waals surface area (Å²) in [6.45, 7) is 9.52. The van der Waals surface area contributed by atoms with Crippen molar-refractivity contribution in [1.82, 2.24) is 4.57 Å². The third kappa shape index (κ3) is 4.02. The zero-order valence-electron chi connectivity index (χ0n) is 29.1. The molecule has 0 bridgehead atoms. The maximum absolute atomic E-state index is 2.62. The Balaban J connectivity index is 1.16. The second kappa shape index (κ2) is 10.5. The largest absolute Gasteiger partial charge is 0.334 e. The van der Waals surface area contributed by atoms with Gasteiger partial charge in [0.05, 0.1) is 11.6 Å². The van der Waals surface area contributed by atoms with E-state index in [-0.39, 0.29) is 16.9 Å². The van der Waals surface area contributed by atoms with Crippen LogP contribution in [0.4, 0.5) is 11.4 Å². The Morgan fingerprint density at radius 2 is 1.06 bits per heavy atom. The summed E-state index contributed by atoms with van der Waals surface area (Å²) in [6.07, 6.45) is 5.73. The molecule has 0 saturated heterocycles. The van der Waals surface area contributed by atoms with E-state index in [2.05, 4.69) is 189 Å². The van der Waals surface area contributed by atoms with E-state index in [1.807, 2.05) is 0 Å². The zero-order chi connectivity index (χ0) is 33.8. The van der Waals surface area contributed by atoms with E-state index < -0.39 is 0 Å². The van der Waals surface area contributed by atoms with Crippen LogP contribution in [-0.2, 0) is 17.3 Å². The van der Waals surface area contributed by atoms with Crippen molar-refractivity contribution in [3.05, 3.63) is 179 Å². The van der Waals surface area contributed by atoms with Gasteiger partial charge in [-0.15, -0.1) is 0 Å². The molecule has 242 valence electrons. The summed E-state index contributed by atoms with van der Waals surface area (Å²) in [5.41, 5.74) is 18.5. The lowest BCUT2D eigenvalue weighted by atomic mass is 9.82. The standard InChI is InChI=1S/C48H40N2/c1-47(2)41-19-11-8-16-35(41)37-25-22-33(29-43(37)47)49(34-23-26-38-36-17-9-12-20-42(36)48(3,4)44(38)30-34)32-24-27-46-40(28-32)39-18-10-13-21-45(39)50(46)31-14-6-5-7-15-31/h5-27,29-30,32H,28H2,1-4H3. The predicted octanol–water partition coefficient (Wildman–Crippen LogP) is 12.0. The van der Waals surface area contributed by atoms with E-state index in [1.165, 1.54) is 83.7 Å². The van der Waals surface area contributed by atoms with Gasteiger partial charge in [-0.1, -0.05) is 131 Å². The number of fused-ring (bicyclic) bond motifs is 9. The van der Waals surface area contributed by atoms with Crippen LogP contribution in [0.25, 0.3) is 44.9 Å². The molecule has 1 aromatic heterocycles. The molecule has 2 heteroatoms. The van der Waals surface area contributed by atoms with Crippen molar-refractivity contribution >= 4 is 28.4 Å². The van der Waals surface area contributed by atoms with Crippen molar-refractivity contribution < 1.29 is 0 Å². The molecule has 3 aliphatic rings. The van der Waals surface area contributed by atoms with Gasteiger partial charge in [0.1, 0.15) is 0 Å². The van der Waals surface area contributed by atoms with Crippen molar-refractivity contribution in [2.75, 3.05) is 4.90 Å². The SMILES string of the molecule is CC1(C)c2ccccc2-c2ccc(N(c3ccc4c(c3)C(C)(C)c3ccccc3-4)C3C=Cc4c(c5ccccc5n4-c4ccccc4)C3)cc21. The van der Waals surface area contributed by atoms with Crippen LogP contribution in [0.1, 0.15) is 61.2 Å². The topological polar surface area (TPSA) is 8.17 Å². The Hall–Kier alpha value is -5.60. The van der Waals surface area contributed by atoms with Crippen molar-refractivity contribution in [2.45, 2.75) is 51.0 Å². The number of hydrogen-bond donors (Lipinski definition) is 0. The average molecular weight is 645 g/mol. The molecule has 0 aliphatic heterocycles. The normalized spacial score (nSPS) is 17.2. The lowest BCUT2D eigenvalue weighted by molar-refractivity contribution is 0.658.